The average Bonchev–Trinajstić information content (AvgIpc) is 2.48. The van der Waals surface area contributed by atoms with Crippen LogP contribution in [0.2, 0.25) is 0 Å². The lowest BCUT2D eigenvalue weighted by Gasteiger charge is -2.11. The second-order valence-corrected chi connectivity index (χ2v) is 4.60. The van der Waals surface area contributed by atoms with Gasteiger partial charge in [-0.05, 0) is 24.1 Å². The first-order chi connectivity index (χ1) is 10.1. The summed E-state index contributed by atoms with van der Waals surface area (Å²) in [5.74, 6) is -0.247. The van der Waals surface area contributed by atoms with Gasteiger partial charge in [-0.1, -0.05) is 12.1 Å². The quantitative estimate of drug-likeness (QED) is 0.491. The molecule has 118 valence electrons. The molecule has 0 saturated heterocycles. The van der Waals surface area contributed by atoms with Crippen molar-refractivity contribution >= 4 is 5.97 Å². The number of phenolic OH excluding ortho intramolecular Hbond substituents is 1. The maximum absolute atomic E-state index is 11.7. The van der Waals surface area contributed by atoms with E-state index in [1.54, 1.807) is 31.4 Å². The molecule has 0 bridgehead atoms. The van der Waals surface area contributed by atoms with Gasteiger partial charge in [0.15, 0.2) is 0 Å². The molecule has 0 aliphatic rings. The third-order valence-electron chi connectivity index (χ3n) is 2.80. The summed E-state index contributed by atoms with van der Waals surface area (Å²) in [6.45, 7) is 1.89. The molecule has 1 aromatic rings. The van der Waals surface area contributed by atoms with Crippen LogP contribution in [0.5, 0.6) is 5.75 Å². The Kier molecular flexibility index (Phi) is 8.42. The van der Waals surface area contributed by atoms with Crippen molar-refractivity contribution < 1.29 is 24.1 Å². The molecule has 0 aliphatic carbocycles. The van der Waals surface area contributed by atoms with Crippen molar-refractivity contribution in [1.29, 1.82) is 0 Å². The Morgan fingerprint density at radius 2 is 1.90 bits per heavy atom. The minimum atomic E-state index is -0.705. The number of ether oxygens (including phenoxy) is 3. The molecule has 0 fully saturated rings. The van der Waals surface area contributed by atoms with Crippen molar-refractivity contribution in [2.24, 2.45) is 5.73 Å². The highest BCUT2D eigenvalue weighted by molar-refractivity contribution is 5.75. The molecule has 0 amide bonds. The smallest absolute Gasteiger partial charge is 0.323 e. The van der Waals surface area contributed by atoms with Crippen LogP contribution in [0.15, 0.2) is 24.3 Å². The van der Waals surface area contributed by atoms with E-state index in [0.717, 1.165) is 5.56 Å². The van der Waals surface area contributed by atoms with E-state index in [0.29, 0.717) is 32.7 Å². The second kappa shape index (κ2) is 10.1. The van der Waals surface area contributed by atoms with Gasteiger partial charge in [-0.2, -0.15) is 0 Å². The largest absolute Gasteiger partial charge is 0.508 e. The number of phenols is 1. The van der Waals surface area contributed by atoms with E-state index in [1.165, 1.54) is 0 Å². The Morgan fingerprint density at radius 1 is 1.19 bits per heavy atom. The number of hydrogen-bond donors (Lipinski definition) is 2. The number of methoxy groups -OCH3 is 1. The number of carbonyl (C=O) groups is 1. The minimum Gasteiger partial charge on any atom is -0.508 e. The predicted molar refractivity (Wildman–Crippen MR) is 78.1 cm³/mol. The summed E-state index contributed by atoms with van der Waals surface area (Å²) in [5, 5.41) is 9.18. The molecule has 0 heterocycles. The van der Waals surface area contributed by atoms with E-state index >= 15 is 0 Å². The van der Waals surface area contributed by atoms with Crippen LogP contribution in [-0.2, 0) is 25.4 Å². The van der Waals surface area contributed by atoms with Crippen LogP contribution in [-0.4, -0.2) is 50.7 Å². The molecule has 1 aromatic carbocycles. The molecule has 0 aromatic heterocycles. The average molecular weight is 297 g/mol. The molecule has 0 saturated carbocycles. The Morgan fingerprint density at radius 3 is 2.57 bits per heavy atom. The summed E-state index contributed by atoms with van der Waals surface area (Å²) in [5.41, 5.74) is 6.66. The third-order valence-corrected chi connectivity index (χ3v) is 2.80. The molecule has 21 heavy (non-hydrogen) atoms. The zero-order chi connectivity index (χ0) is 15.5. The number of carbonyl (C=O) groups excluding carboxylic acids is 1. The van der Waals surface area contributed by atoms with Gasteiger partial charge in [0.2, 0.25) is 0 Å². The molecule has 3 N–H and O–H groups in total. The lowest BCUT2D eigenvalue weighted by molar-refractivity contribution is -0.145. The summed E-state index contributed by atoms with van der Waals surface area (Å²) in [7, 11) is 1.61. The van der Waals surface area contributed by atoms with Gasteiger partial charge < -0.3 is 25.1 Å². The van der Waals surface area contributed by atoms with Crippen LogP contribution in [0, 0.1) is 0 Å². The zero-order valence-electron chi connectivity index (χ0n) is 12.3. The molecular weight excluding hydrogens is 274 g/mol. The van der Waals surface area contributed by atoms with Crippen LogP contribution in [0.4, 0.5) is 0 Å². The fraction of sp³-hybridized carbons (Fsp3) is 0.533. The Labute approximate surface area is 124 Å². The molecular formula is C15H23NO5. The molecule has 0 radical (unpaired) electrons. The van der Waals surface area contributed by atoms with Gasteiger partial charge in [-0.25, -0.2) is 0 Å². The lowest BCUT2D eigenvalue weighted by atomic mass is 10.1. The second-order valence-electron chi connectivity index (χ2n) is 4.60. The molecule has 1 atom stereocenters. The van der Waals surface area contributed by atoms with Gasteiger partial charge in [-0.3, -0.25) is 4.79 Å². The fourth-order valence-corrected chi connectivity index (χ4v) is 1.65. The predicted octanol–water partition coefficient (Wildman–Crippen LogP) is 0.858. The van der Waals surface area contributed by atoms with Crippen molar-refractivity contribution in [1.82, 2.24) is 0 Å². The summed E-state index contributed by atoms with van der Waals surface area (Å²) in [6, 6.07) is 5.87. The van der Waals surface area contributed by atoms with Gasteiger partial charge in [0.05, 0.1) is 19.8 Å². The van der Waals surface area contributed by atoms with Gasteiger partial charge in [0.1, 0.15) is 11.8 Å². The zero-order valence-corrected chi connectivity index (χ0v) is 12.3. The number of nitrogens with two attached hydrogens (primary N) is 1. The van der Waals surface area contributed by atoms with Crippen LogP contribution in [0.1, 0.15) is 12.0 Å². The van der Waals surface area contributed by atoms with Gasteiger partial charge >= 0.3 is 5.97 Å². The first-order valence-electron chi connectivity index (χ1n) is 6.90. The van der Waals surface area contributed by atoms with Gasteiger partial charge in [0.25, 0.3) is 0 Å². The molecule has 0 aliphatic heterocycles. The SMILES string of the molecule is COCCOCCCOC(=O)[C@H](N)Cc1ccc(O)cc1. The van der Waals surface area contributed by atoms with E-state index in [4.69, 9.17) is 19.9 Å². The molecule has 6 heteroatoms. The van der Waals surface area contributed by atoms with Gasteiger partial charge in [0, 0.05) is 20.1 Å². The van der Waals surface area contributed by atoms with E-state index in [9.17, 15) is 9.90 Å². The maximum atomic E-state index is 11.7. The number of esters is 1. The van der Waals surface area contributed by atoms with Crippen LogP contribution in [0.25, 0.3) is 0 Å². The monoisotopic (exact) mass is 297 g/mol. The highest BCUT2D eigenvalue weighted by Gasteiger charge is 2.15. The van der Waals surface area contributed by atoms with E-state index in [-0.39, 0.29) is 12.4 Å². The third kappa shape index (κ3) is 7.65. The van der Waals surface area contributed by atoms with Crippen molar-refractivity contribution in [3.63, 3.8) is 0 Å². The van der Waals surface area contributed by atoms with Crippen molar-refractivity contribution in [2.75, 3.05) is 33.5 Å². The lowest BCUT2D eigenvalue weighted by Crippen LogP contribution is -2.34. The molecule has 0 spiro atoms. The summed E-state index contributed by atoms with van der Waals surface area (Å²) in [6.07, 6.45) is 1.00. The molecule has 1 rings (SSSR count). The first-order valence-corrected chi connectivity index (χ1v) is 6.90. The summed E-state index contributed by atoms with van der Waals surface area (Å²) < 4.78 is 15.2. The van der Waals surface area contributed by atoms with Crippen molar-refractivity contribution in [2.45, 2.75) is 18.9 Å². The number of hydrogen-bond acceptors (Lipinski definition) is 6. The highest BCUT2D eigenvalue weighted by Crippen LogP contribution is 2.11. The normalized spacial score (nSPS) is 12.1. The topological polar surface area (TPSA) is 91.0 Å². The van der Waals surface area contributed by atoms with Gasteiger partial charge in [-0.15, -0.1) is 0 Å². The first kappa shape index (κ1) is 17.4. The highest BCUT2D eigenvalue weighted by atomic mass is 16.5. The summed E-state index contributed by atoms with van der Waals surface area (Å²) >= 11 is 0. The van der Waals surface area contributed by atoms with Crippen LogP contribution in [0.3, 0.4) is 0 Å². The Bertz CT molecular complexity index is 407. The minimum absolute atomic E-state index is 0.184. The van der Waals surface area contributed by atoms with Crippen LogP contribution < -0.4 is 5.73 Å². The Balaban J connectivity index is 2.15. The van der Waals surface area contributed by atoms with E-state index in [1.807, 2.05) is 0 Å². The van der Waals surface area contributed by atoms with Crippen LogP contribution >= 0.6 is 0 Å². The Hall–Kier alpha value is -1.63. The number of aromatic hydroxyl groups is 1. The maximum Gasteiger partial charge on any atom is 0.323 e. The molecule has 0 unspecified atom stereocenters. The summed E-state index contributed by atoms with van der Waals surface area (Å²) in [4.78, 5) is 11.7. The fourth-order valence-electron chi connectivity index (χ4n) is 1.65. The van der Waals surface area contributed by atoms with Crippen molar-refractivity contribution in [3.8, 4) is 5.75 Å². The molecule has 6 nitrogen and oxygen atoms in total. The van der Waals surface area contributed by atoms with E-state index < -0.39 is 12.0 Å². The van der Waals surface area contributed by atoms with Crippen molar-refractivity contribution in [3.05, 3.63) is 29.8 Å². The van der Waals surface area contributed by atoms with E-state index in [2.05, 4.69) is 0 Å². The standard InChI is InChI=1S/C15H23NO5/c1-19-9-10-20-7-2-8-21-15(18)14(16)11-12-3-5-13(17)6-4-12/h3-6,14,17H,2,7-11,16H2,1H3/t14-/m1/s1. The number of rotatable bonds is 10. The number of benzene rings is 1.